The first-order valence-electron chi connectivity index (χ1n) is 11.1. The molecule has 1 aliphatic rings. The van der Waals surface area contributed by atoms with Crippen molar-refractivity contribution in [2.24, 2.45) is 0 Å². The maximum Gasteiger partial charge on any atom is 0.266 e. The molecule has 0 spiro atoms. The Hall–Kier alpha value is -3.01. The van der Waals surface area contributed by atoms with E-state index in [9.17, 15) is 9.59 Å². The normalized spacial score (nSPS) is 14.6. The van der Waals surface area contributed by atoms with Crippen LogP contribution in [0.4, 0.5) is 5.13 Å². The number of methoxy groups -OCH3 is 1. The summed E-state index contributed by atoms with van der Waals surface area (Å²) in [6, 6.07) is 15.8. The molecule has 2 aromatic carbocycles. The molecule has 1 aliphatic heterocycles. The number of thioether (sulfide) groups is 1. The molecule has 0 radical (unpaired) electrons. The van der Waals surface area contributed by atoms with Gasteiger partial charge in [-0.15, -0.1) is 11.3 Å². The van der Waals surface area contributed by atoms with Crippen LogP contribution in [0.5, 0.6) is 5.75 Å². The van der Waals surface area contributed by atoms with Crippen molar-refractivity contribution >= 4 is 62.7 Å². The number of amides is 2. The largest absolute Gasteiger partial charge is 0.497 e. The average molecular weight is 524 g/mol. The van der Waals surface area contributed by atoms with Crippen molar-refractivity contribution in [2.45, 2.75) is 26.2 Å². The van der Waals surface area contributed by atoms with Crippen LogP contribution in [-0.2, 0) is 16.0 Å². The van der Waals surface area contributed by atoms with Crippen molar-refractivity contribution in [3.05, 3.63) is 81.2 Å². The predicted molar refractivity (Wildman–Crippen MR) is 147 cm³/mol. The SMILES string of the molecule is COc1ccc(/C=C2\SC(=S)N(CCCC(=O)Nc3ncc(Cc4cccc(C)c4)s3)C2=O)cc1. The molecule has 6 nitrogen and oxygen atoms in total. The monoisotopic (exact) mass is 523 g/mol. The Morgan fingerprint density at radius 1 is 1.23 bits per heavy atom. The van der Waals surface area contributed by atoms with Crippen molar-refractivity contribution in [2.75, 3.05) is 19.0 Å². The third-order valence-electron chi connectivity index (χ3n) is 5.33. The molecule has 0 bridgehead atoms. The number of carbonyl (C=O) groups is 2. The minimum absolute atomic E-state index is 0.124. The quantitative estimate of drug-likeness (QED) is 0.288. The zero-order chi connectivity index (χ0) is 24.8. The number of anilines is 1. The van der Waals surface area contributed by atoms with Gasteiger partial charge in [-0.3, -0.25) is 14.5 Å². The van der Waals surface area contributed by atoms with Crippen molar-refractivity contribution in [3.8, 4) is 5.75 Å². The highest BCUT2D eigenvalue weighted by Gasteiger charge is 2.31. The summed E-state index contributed by atoms with van der Waals surface area (Å²) in [6.07, 6.45) is 5.20. The van der Waals surface area contributed by atoms with Crippen LogP contribution in [0.3, 0.4) is 0 Å². The molecular formula is C26H25N3O3S3. The van der Waals surface area contributed by atoms with Gasteiger partial charge in [0.2, 0.25) is 5.91 Å². The Morgan fingerprint density at radius 2 is 2.03 bits per heavy atom. The van der Waals surface area contributed by atoms with Gasteiger partial charge < -0.3 is 10.1 Å². The Bertz CT molecular complexity index is 1270. The second kappa shape index (κ2) is 11.6. The van der Waals surface area contributed by atoms with Crippen molar-refractivity contribution < 1.29 is 14.3 Å². The lowest BCUT2D eigenvalue weighted by molar-refractivity contribution is -0.122. The highest BCUT2D eigenvalue weighted by molar-refractivity contribution is 8.26. The molecule has 1 aromatic heterocycles. The van der Waals surface area contributed by atoms with Gasteiger partial charge in [-0.05, 0) is 42.7 Å². The van der Waals surface area contributed by atoms with Gasteiger partial charge in [0.25, 0.3) is 5.91 Å². The van der Waals surface area contributed by atoms with Crippen molar-refractivity contribution in [3.63, 3.8) is 0 Å². The number of nitrogens with one attached hydrogen (secondary N) is 1. The van der Waals surface area contributed by atoms with Crippen molar-refractivity contribution in [1.82, 2.24) is 9.88 Å². The lowest BCUT2D eigenvalue weighted by Gasteiger charge is -2.13. The zero-order valence-electron chi connectivity index (χ0n) is 19.4. The van der Waals surface area contributed by atoms with E-state index in [1.165, 1.54) is 34.2 Å². The fourth-order valence-corrected chi connectivity index (χ4v) is 5.77. The Labute approximate surface area is 218 Å². The second-order valence-corrected chi connectivity index (χ2v) is 10.8. The lowest BCUT2D eigenvalue weighted by atomic mass is 10.1. The molecule has 9 heteroatoms. The predicted octanol–water partition coefficient (Wildman–Crippen LogP) is 5.67. The van der Waals surface area contributed by atoms with Gasteiger partial charge in [-0.2, -0.15) is 0 Å². The maximum absolute atomic E-state index is 12.8. The van der Waals surface area contributed by atoms with E-state index in [1.807, 2.05) is 36.4 Å². The molecule has 2 heterocycles. The van der Waals surface area contributed by atoms with E-state index >= 15 is 0 Å². The first-order chi connectivity index (χ1) is 16.9. The molecule has 35 heavy (non-hydrogen) atoms. The number of aryl methyl sites for hydroxylation is 1. The van der Waals surface area contributed by atoms with Gasteiger partial charge in [0, 0.05) is 30.5 Å². The summed E-state index contributed by atoms with van der Waals surface area (Å²) in [5.41, 5.74) is 3.34. The zero-order valence-corrected chi connectivity index (χ0v) is 21.9. The van der Waals surface area contributed by atoms with Crippen LogP contribution in [0.1, 0.15) is 34.4 Å². The van der Waals surface area contributed by atoms with Crippen molar-refractivity contribution in [1.29, 1.82) is 0 Å². The van der Waals surface area contributed by atoms with E-state index in [4.69, 9.17) is 17.0 Å². The molecule has 3 aromatic rings. The van der Waals surface area contributed by atoms with Crippen LogP contribution in [-0.4, -0.2) is 39.7 Å². The molecule has 0 atom stereocenters. The van der Waals surface area contributed by atoms with Gasteiger partial charge in [0.1, 0.15) is 10.1 Å². The molecule has 0 aliphatic carbocycles. The third kappa shape index (κ3) is 6.78. The minimum atomic E-state index is -0.128. The number of rotatable bonds is 9. The number of aromatic nitrogens is 1. The molecule has 1 fully saturated rings. The van der Waals surface area contributed by atoms with Crippen LogP contribution in [0.25, 0.3) is 6.08 Å². The van der Waals surface area contributed by atoms with E-state index in [1.54, 1.807) is 18.2 Å². The van der Waals surface area contributed by atoms with E-state index in [0.717, 1.165) is 22.6 Å². The summed E-state index contributed by atoms with van der Waals surface area (Å²) < 4.78 is 5.68. The van der Waals surface area contributed by atoms with Crippen LogP contribution < -0.4 is 10.1 Å². The van der Waals surface area contributed by atoms with E-state index in [0.29, 0.717) is 27.3 Å². The molecular weight excluding hydrogens is 499 g/mol. The van der Waals surface area contributed by atoms with Crippen LogP contribution in [0, 0.1) is 6.92 Å². The van der Waals surface area contributed by atoms with Gasteiger partial charge >= 0.3 is 0 Å². The maximum atomic E-state index is 12.8. The second-order valence-electron chi connectivity index (χ2n) is 8.06. The number of ether oxygens (including phenoxy) is 1. The standard InChI is InChI=1S/C26H25N3O3S3/c1-17-5-3-6-19(13-17)14-21-16-27-25(34-21)28-23(30)7-4-12-29-24(31)22(35-26(29)33)15-18-8-10-20(32-2)11-9-18/h3,5-6,8-11,13,15-16H,4,7,12,14H2,1-2H3,(H,27,28,30)/b22-15-. The van der Waals surface area contributed by atoms with Gasteiger partial charge in [-0.25, -0.2) is 4.98 Å². The highest BCUT2D eigenvalue weighted by Crippen LogP contribution is 2.33. The third-order valence-corrected chi connectivity index (χ3v) is 7.62. The van der Waals surface area contributed by atoms with Gasteiger partial charge in [-0.1, -0.05) is 65.9 Å². The topological polar surface area (TPSA) is 71.5 Å². The molecule has 1 N–H and O–H groups in total. The van der Waals surface area contributed by atoms with Crippen LogP contribution in [0.15, 0.2) is 59.6 Å². The first kappa shape index (κ1) is 25.1. The smallest absolute Gasteiger partial charge is 0.266 e. The summed E-state index contributed by atoms with van der Waals surface area (Å²) >= 11 is 8.16. The highest BCUT2D eigenvalue weighted by atomic mass is 32.2. The van der Waals surface area contributed by atoms with Crippen LogP contribution >= 0.6 is 35.3 Å². The fourth-order valence-electron chi connectivity index (χ4n) is 3.59. The average Bonchev–Trinajstić information content (AvgIpc) is 3.38. The van der Waals surface area contributed by atoms with Gasteiger partial charge in [0.15, 0.2) is 5.13 Å². The number of hydrogen-bond acceptors (Lipinski definition) is 7. The number of thiazole rings is 1. The van der Waals surface area contributed by atoms with Gasteiger partial charge in [0.05, 0.1) is 12.0 Å². The number of benzene rings is 2. The summed E-state index contributed by atoms with van der Waals surface area (Å²) in [7, 11) is 1.61. The molecule has 180 valence electrons. The van der Waals surface area contributed by atoms with E-state index in [2.05, 4.69) is 35.4 Å². The Kier molecular flexibility index (Phi) is 8.33. The first-order valence-corrected chi connectivity index (χ1v) is 13.1. The lowest BCUT2D eigenvalue weighted by Crippen LogP contribution is -2.29. The minimum Gasteiger partial charge on any atom is -0.497 e. The number of carbonyl (C=O) groups excluding carboxylic acids is 2. The fraction of sp³-hybridized carbons (Fsp3) is 0.231. The summed E-state index contributed by atoms with van der Waals surface area (Å²) in [4.78, 5) is 32.8. The van der Waals surface area contributed by atoms with E-state index in [-0.39, 0.29) is 18.2 Å². The number of nitrogens with zero attached hydrogens (tertiary/aromatic N) is 2. The summed E-state index contributed by atoms with van der Waals surface area (Å²) in [6.45, 7) is 2.47. The Morgan fingerprint density at radius 3 is 2.77 bits per heavy atom. The van der Waals surface area contributed by atoms with Crippen LogP contribution in [0.2, 0.25) is 0 Å². The van der Waals surface area contributed by atoms with E-state index < -0.39 is 0 Å². The molecule has 0 saturated carbocycles. The molecule has 2 amide bonds. The molecule has 0 unspecified atom stereocenters. The number of thiocarbonyl (C=S) groups is 1. The summed E-state index contributed by atoms with van der Waals surface area (Å²) in [5.74, 6) is 0.505. The number of hydrogen-bond donors (Lipinski definition) is 1. The Balaban J connectivity index is 1.25. The summed E-state index contributed by atoms with van der Waals surface area (Å²) in [5, 5.41) is 3.45. The molecule has 4 rings (SSSR count). The molecule has 1 saturated heterocycles.